The largest absolute Gasteiger partial charge is 0.302 e. The third-order valence-corrected chi connectivity index (χ3v) is 4.08. The summed E-state index contributed by atoms with van der Waals surface area (Å²) in [5.41, 5.74) is -2.10. The Hall–Kier alpha value is -2.74. The second kappa shape index (κ2) is 7.01. The molecule has 0 atom stereocenters. The first kappa shape index (κ1) is 18.3. The Morgan fingerprint density at radius 2 is 1.70 bits per heavy atom. The molecule has 0 bridgehead atoms. The van der Waals surface area contributed by atoms with Gasteiger partial charge in [-0.25, -0.2) is 8.42 Å². The molecule has 0 radical (unpaired) electrons. The second-order valence-electron chi connectivity index (χ2n) is 4.70. The first-order valence-electron chi connectivity index (χ1n) is 6.47. The second-order valence-corrected chi connectivity index (χ2v) is 6.72. The van der Waals surface area contributed by atoms with Crippen LogP contribution in [-0.2, 0) is 9.84 Å². The van der Waals surface area contributed by atoms with Crippen LogP contribution in [-0.4, -0.2) is 31.1 Å². The van der Waals surface area contributed by atoms with Crippen molar-refractivity contribution in [2.24, 2.45) is 0 Å². The molecule has 0 aliphatic rings. The Labute approximate surface area is 132 Å². The van der Waals surface area contributed by atoms with Crippen molar-refractivity contribution in [1.29, 1.82) is 5.26 Å². The van der Waals surface area contributed by atoms with Crippen LogP contribution in [0.5, 0.6) is 0 Å². The van der Waals surface area contributed by atoms with Gasteiger partial charge in [0.25, 0.3) is 0 Å². The summed E-state index contributed by atoms with van der Waals surface area (Å²) in [4.78, 5) is 20.9. The number of hydrogen-bond acceptors (Lipinski definition) is 8. The molecule has 0 saturated heterocycles. The van der Waals surface area contributed by atoms with Crippen LogP contribution in [0.2, 0.25) is 0 Å². The Morgan fingerprint density at radius 1 is 1.22 bits per heavy atom. The number of nitrogens with zero attached hydrogens (tertiary/aromatic N) is 4. The van der Waals surface area contributed by atoms with Crippen LogP contribution in [0.1, 0.15) is 19.8 Å². The predicted molar refractivity (Wildman–Crippen MR) is 80.7 cm³/mol. The topological polar surface area (TPSA) is 147 Å². The molecular weight excluding hydrogens is 328 g/mol. The van der Waals surface area contributed by atoms with Crippen LogP contribution in [0.3, 0.4) is 0 Å². The predicted octanol–water partition coefficient (Wildman–Crippen LogP) is 1.99. The van der Waals surface area contributed by atoms with Crippen molar-refractivity contribution in [3.63, 3.8) is 0 Å². The number of sulfone groups is 1. The summed E-state index contributed by atoms with van der Waals surface area (Å²) in [6.07, 6.45) is 3.61. The molecule has 0 saturated carbocycles. The molecule has 0 fully saturated rings. The molecule has 0 N–H and O–H groups in total. The molecule has 11 heteroatoms. The zero-order valence-corrected chi connectivity index (χ0v) is 13.2. The fourth-order valence-corrected chi connectivity index (χ4v) is 2.53. The molecular formula is C12H14N4O6S. The maximum absolute atomic E-state index is 11.6. The summed E-state index contributed by atoms with van der Waals surface area (Å²) in [5, 5.41) is 31.6. The quantitative estimate of drug-likeness (QED) is 0.316. The van der Waals surface area contributed by atoms with E-state index in [0.717, 1.165) is 23.3 Å². The summed E-state index contributed by atoms with van der Waals surface area (Å²) in [6.45, 7) is 1.87. The standard InChI is InChI=1S/C12H14N4O6S/c1-3-4-5-14(8-13)12-10(15(17)18)6-9(23(2,21)22)7-11(12)16(19)20/h6-7H,3-5H2,1-2H3. The Morgan fingerprint density at radius 3 is 2.00 bits per heavy atom. The van der Waals surface area contributed by atoms with E-state index in [1.54, 1.807) is 6.19 Å². The highest BCUT2D eigenvalue weighted by molar-refractivity contribution is 7.90. The Balaban J connectivity index is 3.75. The molecule has 0 aliphatic carbocycles. The van der Waals surface area contributed by atoms with E-state index in [1.807, 2.05) is 6.92 Å². The average molecular weight is 342 g/mol. The van der Waals surface area contributed by atoms with Gasteiger partial charge in [-0.15, -0.1) is 0 Å². The summed E-state index contributed by atoms with van der Waals surface area (Å²) in [6, 6.07) is 1.46. The van der Waals surface area contributed by atoms with Crippen LogP contribution in [0.4, 0.5) is 17.1 Å². The Bertz CT molecular complexity index is 748. The van der Waals surface area contributed by atoms with E-state index in [0.29, 0.717) is 12.8 Å². The number of nitro benzene ring substituents is 2. The molecule has 1 rings (SSSR count). The third kappa shape index (κ3) is 4.13. The maximum atomic E-state index is 11.6. The van der Waals surface area contributed by atoms with Gasteiger partial charge in [-0.3, -0.25) is 25.1 Å². The number of unbranched alkanes of at least 4 members (excludes halogenated alkanes) is 1. The molecule has 10 nitrogen and oxygen atoms in total. The van der Waals surface area contributed by atoms with E-state index in [4.69, 9.17) is 5.26 Å². The minimum Gasteiger partial charge on any atom is -0.267 e. The van der Waals surface area contributed by atoms with Crippen molar-refractivity contribution < 1.29 is 18.3 Å². The normalized spacial score (nSPS) is 10.8. The van der Waals surface area contributed by atoms with E-state index in [2.05, 4.69) is 0 Å². The van der Waals surface area contributed by atoms with Gasteiger partial charge in [0, 0.05) is 24.9 Å². The lowest BCUT2D eigenvalue weighted by molar-refractivity contribution is -0.392. The molecule has 23 heavy (non-hydrogen) atoms. The molecule has 0 aromatic heterocycles. The van der Waals surface area contributed by atoms with Crippen molar-refractivity contribution >= 4 is 26.9 Å². The summed E-state index contributed by atoms with van der Waals surface area (Å²) < 4.78 is 23.2. The molecule has 0 amide bonds. The fourth-order valence-electron chi connectivity index (χ4n) is 1.88. The number of anilines is 1. The first-order chi connectivity index (χ1) is 10.6. The van der Waals surface area contributed by atoms with Crippen molar-refractivity contribution in [2.45, 2.75) is 24.7 Å². The maximum Gasteiger partial charge on any atom is 0.302 e. The van der Waals surface area contributed by atoms with Gasteiger partial charge in [0.2, 0.25) is 5.69 Å². The van der Waals surface area contributed by atoms with Gasteiger partial charge < -0.3 is 0 Å². The Kier molecular flexibility index (Phi) is 5.58. The van der Waals surface area contributed by atoms with E-state index in [-0.39, 0.29) is 6.54 Å². The van der Waals surface area contributed by atoms with Gasteiger partial charge >= 0.3 is 11.4 Å². The van der Waals surface area contributed by atoms with E-state index >= 15 is 0 Å². The number of rotatable bonds is 7. The number of hydrogen-bond donors (Lipinski definition) is 0. The number of benzene rings is 1. The molecule has 1 aromatic carbocycles. The number of nitro groups is 2. The van der Waals surface area contributed by atoms with Gasteiger partial charge in [0.1, 0.15) is 0 Å². The van der Waals surface area contributed by atoms with E-state index in [1.165, 1.54) is 0 Å². The van der Waals surface area contributed by atoms with Crippen LogP contribution in [0, 0.1) is 31.7 Å². The lowest BCUT2D eigenvalue weighted by Crippen LogP contribution is -2.20. The van der Waals surface area contributed by atoms with Crippen LogP contribution in [0.15, 0.2) is 17.0 Å². The van der Waals surface area contributed by atoms with Gasteiger partial charge in [-0.2, -0.15) is 5.26 Å². The lowest BCUT2D eigenvalue weighted by atomic mass is 10.2. The summed E-state index contributed by atoms with van der Waals surface area (Å²) in [5.74, 6) is 0. The van der Waals surface area contributed by atoms with Gasteiger partial charge in [-0.1, -0.05) is 13.3 Å². The minimum atomic E-state index is -3.89. The summed E-state index contributed by atoms with van der Waals surface area (Å²) in [7, 11) is -3.89. The van der Waals surface area contributed by atoms with Gasteiger partial charge in [-0.05, 0) is 6.42 Å². The smallest absolute Gasteiger partial charge is 0.267 e. The molecule has 0 spiro atoms. The lowest BCUT2D eigenvalue weighted by Gasteiger charge is -2.15. The average Bonchev–Trinajstić information content (AvgIpc) is 2.46. The highest BCUT2D eigenvalue weighted by Crippen LogP contribution is 2.39. The zero-order valence-electron chi connectivity index (χ0n) is 12.4. The fraction of sp³-hybridized carbons (Fsp3) is 0.417. The first-order valence-corrected chi connectivity index (χ1v) is 8.36. The van der Waals surface area contributed by atoms with Crippen LogP contribution < -0.4 is 4.90 Å². The molecule has 0 heterocycles. The minimum absolute atomic E-state index is 0.0485. The van der Waals surface area contributed by atoms with Crippen molar-refractivity contribution in [1.82, 2.24) is 0 Å². The van der Waals surface area contributed by atoms with Gasteiger partial charge in [0.15, 0.2) is 16.0 Å². The zero-order chi connectivity index (χ0) is 17.8. The molecule has 0 unspecified atom stereocenters. The van der Waals surface area contributed by atoms with Crippen molar-refractivity contribution in [3.05, 3.63) is 32.4 Å². The van der Waals surface area contributed by atoms with E-state index < -0.39 is 41.6 Å². The number of nitriles is 1. The van der Waals surface area contributed by atoms with Gasteiger partial charge in [0.05, 0.1) is 14.7 Å². The van der Waals surface area contributed by atoms with Crippen LogP contribution >= 0.6 is 0 Å². The van der Waals surface area contributed by atoms with Crippen molar-refractivity contribution in [2.75, 3.05) is 17.7 Å². The monoisotopic (exact) mass is 342 g/mol. The molecule has 0 aliphatic heterocycles. The third-order valence-electron chi connectivity index (χ3n) is 2.99. The van der Waals surface area contributed by atoms with Crippen LogP contribution in [0.25, 0.3) is 0 Å². The molecule has 124 valence electrons. The summed E-state index contributed by atoms with van der Waals surface area (Å²) >= 11 is 0. The SMILES string of the molecule is CCCCN(C#N)c1c([N+](=O)[O-])cc(S(C)(=O)=O)cc1[N+](=O)[O-]. The van der Waals surface area contributed by atoms with Crippen molar-refractivity contribution in [3.8, 4) is 6.19 Å². The van der Waals surface area contributed by atoms with E-state index in [9.17, 15) is 28.6 Å². The highest BCUT2D eigenvalue weighted by Gasteiger charge is 2.33. The highest BCUT2D eigenvalue weighted by atomic mass is 32.2. The molecule has 1 aromatic rings.